The van der Waals surface area contributed by atoms with Gasteiger partial charge in [0.25, 0.3) is 5.91 Å². The van der Waals surface area contributed by atoms with Crippen LogP contribution in [-0.4, -0.2) is 41.9 Å². The first-order valence-electron chi connectivity index (χ1n) is 9.06. The van der Waals surface area contributed by atoms with Crippen LogP contribution < -0.4 is 15.4 Å². The van der Waals surface area contributed by atoms with E-state index >= 15 is 0 Å². The molecule has 18 heteroatoms. The fourth-order valence-corrected chi connectivity index (χ4v) is 3.24. The van der Waals surface area contributed by atoms with Crippen LogP contribution in [0.3, 0.4) is 0 Å². The molecule has 202 valence electrons. The number of hydrogen-bond acceptors (Lipinski definition) is 4. The zero-order valence-corrected chi connectivity index (χ0v) is 18.8. The van der Waals surface area contributed by atoms with Gasteiger partial charge in [-0.25, -0.2) is 13.6 Å². The Hall–Kier alpha value is -3.57. The summed E-state index contributed by atoms with van der Waals surface area (Å²) in [7, 11) is 0. The highest BCUT2D eigenvalue weighted by atomic mass is 79.9. The summed E-state index contributed by atoms with van der Waals surface area (Å²) < 4.78 is 135. The smallest absolute Gasteiger partial charge is 0.435 e. The van der Waals surface area contributed by atoms with E-state index in [-0.39, 0.29) is 12.1 Å². The molecule has 0 saturated carbocycles. The minimum absolute atomic E-state index is 0.0852. The Morgan fingerprint density at radius 1 is 0.919 bits per heavy atom. The molecule has 2 aromatic rings. The maximum absolute atomic E-state index is 14.4. The van der Waals surface area contributed by atoms with Crippen molar-refractivity contribution in [3.05, 3.63) is 51.7 Å². The maximum Gasteiger partial charge on any atom is 0.435 e. The fraction of sp³-hybridized carbons (Fsp3) is 0.211. The Morgan fingerprint density at radius 2 is 1.49 bits per heavy atom. The van der Waals surface area contributed by atoms with E-state index in [1.807, 2.05) is 0 Å². The average molecular weight is 615 g/mol. The van der Waals surface area contributed by atoms with E-state index in [0.717, 1.165) is 6.07 Å². The average Bonchev–Trinajstić information content (AvgIpc) is 2.74. The van der Waals surface area contributed by atoms with Gasteiger partial charge in [0, 0.05) is 15.6 Å². The number of carbonyl (C=O) groups excluding carboxylic acids is 2. The minimum Gasteiger partial charge on any atom is -0.474 e. The molecule has 3 N–H and O–H groups in total. The molecule has 0 aliphatic heterocycles. The van der Waals surface area contributed by atoms with Crippen molar-refractivity contribution in [2.75, 3.05) is 10.6 Å². The van der Waals surface area contributed by atoms with Gasteiger partial charge in [-0.2, -0.15) is 35.1 Å². The van der Waals surface area contributed by atoms with E-state index in [1.54, 1.807) is 10.6 Å². The number of halogens is 11. The van der Waals surface area contributed by atoms with Crippen LogP contribution in [-0.2, 0) is 15.3 Å². The summed E-state index contributed by atoms with van der Waals surface area (Å²) >= 11 is 2.47. The molecule has 37 heavy (non-hydrogen) atoms. The van der Waals surface area contributed by atoms with Gasteiger partial charge in [-0.15, -0.1) is 0 Å². The lowest BCUT2D eigenvalue weighted by Gasteiger charge is -2.31. The standard InChI is InChI=1S/C19H9BrF10N2O5/c20-8-4-7(17(24,18(25,26)27)19(28,29)30)5-11(37-16(22)23)12(8)32-13(33)6-1-2-9(21)10(3-6)31-14(34)15(35)36/h1-5,16H,(H,31,34)(H,32,33)(H,35,36). The van der Waals surface area contributed by atoms with Crippen molar-refractivity contribution in [1.82, 2.24) is 0 Å². The normalized spacial score (nSPS) is 12.3. The van der Waals surface area contributed by atoms with Gasteiger partial charge in [0.1, 0.15) is 5.82 Å². The van der Waals surface area contributed by atoms with E-state index in [9.17, 15) is 58.3 Å². The Bertz CT molecular complexity index is 1220. The second-order valence-corrected chi connectivity index (χ2v) is 7.63. The first-order chi connectivity index (χ1) is 16.8. The molecule has 0 fully saturated rings. The van der Waals surface area contributed by atoms with Crippen molar-refractivity contribution in [1.29, 1.82) is 0 Å². The van der Waals surface area contributed by atoms with Crippen LogP contribution in [0.15, 0.2) is 34.8 Å². The van der Waals surface area contributed by atoms with Gasteiger partial charge in [0.15, 0.2) is 5.75 Å². The zero-order chi connectivity index (χ0) is 28.5. The maximum atomic E-state index is 14.4. The highest BCUT2D eigenvalue weighted by Gasteiger charge is 2.73. The molecule has 0 unspecified atom stereocenters. The summed E-state index contributed by atoms with van der Waals surface area (Å²) in [6, 6.07) is 1.43. The van der Waals surface area contributed by atoms with Crippen molar-refractivity contribution < 1.29 is 68.1 Å². The minimum atomic E-state index is -6.59. The SMILES string of the molecule is O=C(O)C(=O)Nc1cc(C(=O)Nc2c(Br)cc(C(F)(C(F)(F)F)C(F)(F)F)cc2OC(F)F)ccc1F. The molecule has 0 bridgehead atoms. The molecule has 2 rings (SSSR count). The number of rotatable bonds is 6. The molecule has 0 spiro atoms. The summed E-state index contributed by atoms with van der Waals surface area (Å²) in [5.41, 5.74) is -10.7. The van der Waals surface area contributed by atoms with Gasteiger partial charge in [-0.3, -0.25) is 9.59 Å². The number of anilines is 2. The third kappa shape index (κ3) is 6.23. The third-order valence-electron chi connectivity index (χ3n) is 4.36. The number of amides is 2. The van der Waals surface area contributed by atoms with Crippen molar-refractivity contribution in [2.45, 2.75) is 24.6 Å². The Morgan fingerprint density at radius 3 is 1.97 bits per heavy atom. The van der Waals surface area contributed by atoms with Crippen LogP contribution >= 0.6 is 15.9 Å². The van der Waals surface area contributed by atoms with Crippen molar-refractivity contribution in [3.63, 3.8) is 0 Å². The Labute approximate surface area is 206 Å². The van der Waals surface area contributed by atoms with E-state index in [0.29, 0.717) is 12.1 Å². The number of carbonyl (C=O) groups is 3. The quantitative estimate of drug-likeness (QED) is 0.284. The van der Waals surface area contributed by atoms with Crippen LogP contribution in [0.2, 0.25) is 0 Å². The molecule has 0 radical (unpaired) electrons. The fourth-order valence-electron chi connectivity index (χ4n) is 2.70. The number of nitrogens with one attached hydrogen (secondary N) is 2. The van der Waals surface area contributed by atoms with Gasteiger partial charge in [0.05, 0.1) is 11.4 Å². The molecule has 0 aromatic heterocycles. The number of ether oxygens (including phenoxy) is 1. The van der Waals surface area contributed by atoms with Crippen molar-refractivity contribution in [3.8, 4) is 5.75 Å². The predicted octanol–water partition coefficient (Wildman–Crippen LogP) is 5.75. The van der Waals surface area contributed by atoms with Crippen LogP contribution in [0.5, 0.6) is 5.75 Å². The lowest BCUT2D eigenvalue weighted by atomic mass is 9.93. The topological polar surface area (TPSA) is 105 Å². The number of benzene rings is 2. The molecule has 0 saturated heterocycles. The molecule has 2 amide bonds. The highest BCUT2D eigenvalue weighted by Crippen LogP contribution is 2.55. The van der Waals surface area contributed by atoms with Crippen LogP contribution in [0.4, 0.5) is 55.3 Å². The van der Waals surface area contributed by atoms with Gasteiger partial charge >= 0.3 is 36.5 Å². The second kappa shape index (κ2) is 10.4. The first kappa shape index (κ1) is 29.7. The van der Waals surface area contributed by atoms with Crippen LogP contribution in [0, 0.1) is 5.82 Å². The van der Waals surface area contributed by atoms with Crippen molar-refractivity contribution >= 4 is 45.1 Å². The molecule has 0 atom stereocenters. The van der Waals surface area contributed by atoms with Crippen LogP contribution in [0.25, 0.3) is 0 Å². The summed E-state index contributed by atoms with van der Waals surface area (Å²) in [5, 5.41) is 11.9. The summed E-state index contributed by atoms with van der Waals surface area (Å²) in [5.74, 6) is -7.88. The number of aliphatic carboxylic acids is 1. The van der Waals surface area contributed by atoms with E-state index in [2.05, 4.69) is 20.7 Å². The number of carboxylic acids is 1. The number of alkyl halides is 9. The molecule has 0 heterocycles. The second-order valence-electron chi connectivity index (χ2n) is 6.77. The summed E-state index contributed by atoms with van der Waals surface area (Å²) in [6.07, 6.45) is -13.2. The Balaban J connectivity index is 2.58. The van der Waals surface area contributed by atoms with E-state index in [1.165, 1.54) is 0 Å². The highest BCUT2D eigenvalue weighted by molar-refractivity contribution is 9.10. The summed E-state index contributed by atoms with van der Waals surface area (Å²) in [4.78, 5) is 34.3. The molecule has 0 aliphatic carbocycles. The Kier molecular flexibility index (Phi) is 8.36. The number of hydrogen-bond donors (Lipinski definition) is 3. The lowest BCUT2D eigenvalue weighted by molar-refractivity contribution is -0.348. The summed E-state index contributed by atoms with van der Waals surface area (Å²) in [6.45, 7) is -3.87. The van der Waals surface area contributed by atoms with Gasteiger partial charge in [0.2, 0.25) is 0 Å². The predicted molar refractivity (Wildman–Crippen MR) is 106 cm³/mol. The van der Waals surface area contributed by atoms with E-state index in [4.69, 9.17) is 5.11 Å². The van der Waals surface area contributed by atoms with Crippen molar-refractivity contribution in [2.24, 2.45) is 0 Å². The molecule has 0 aliphatic rings. The molecule has 2 aromatic carbocycles. The zero-order valence-electron chi connectivity index (χ0n) is 17.2. The van der Waals surface area contributed by atoms with Gasteiger partial charge in [-0.05, 0) is 46.3 Å². The molecular formula is C19H9BrF10N2O5. The van der Waals surface area contributed by atoms with Gasteiger partial charge < -0.3 is 20.5 Å². The lowest BCUT2D eigenvalue weighted by Crippen LogP contribution is -2.50. The largest absolute Gasteiger partial charge is 0.474 e. The monoisotopic (exact) mass is 614 g/mol. The number of carboxylic acid groups (broad SMARTS) is 1. The van der Waals surface area contributed by atoms with Crippen LogP contribution in [0.1, 0.15) is 15.9 Å². The van der Waals surface area contributed by atoms with Gasteiger partial charge in [-0.1, -0.05) is 0 Å². The first-order valence-corrected chi connectivity index (χ1v) is 9.85. The molecule has 7 nitrogen and oxygen atoms in total. The van der Waals surface area contributed by atoms with E-state index < -0.39 is 81.0 Å². The third-order valence-corrected chi connectivity index (χ3v) is 4.98. The molecular weight excluding hydrogens is 606 g/mol.